The van der Waals surface area contributed by atoms with Gasteiger partial charge in [0.2, 0.25) is 0 Å². The minimum absolute atomic E-state index is 0.260. The van der Waals surface area contributed by atoms with Crippen LogP contribution in [0.3, 0.4) is 0 Å². The smallest absolute Gasteiger partial charge is 0.338 e. The molecule has 0 fully saturated rings. The van der Waals surface area contributed by atoms with Crippen LogP contribution in [0, 0.1) is 0 Å². The largest absolute Gasteiger partial charge is 0.463 e. The molecule has 0 amide bonds. The Morgan fingerprint density at radius 3 is 2.39 bits per heavy atom. The van der Waals surface area contributed by atoms with Gasteiger partial charge in [-0.15, -0.1) is 0 Å². The van der Waals surface area contributed by atoms with Crippen molar-refractivity contribution in [1.82, 2.24) is 4.90 Å². The molecule has 1 unspecified atom stereocenters. The number of hydrogen-bond acceptors (Lipinski definition) is 5. The third kappa shape index (κ3) is 3.27. The van der Waals surface area contributed by atoms with Crippen molar-refractivity contribution >= 4 is 28.6 Å². The Morgan fingerprint density at radius 2 is 1.75 bits per heavy atom. The summed E-state index contributed by atoms with van der Waals surface area (Å²) in [5.41, 5.74) is 4.41. The van der Waals surface area contributed by atoms with Gasteiger partial charge in [0.1, 0.15) is 0 Å². The van der Waals surface area contributed by atoms with Crippen molar-refractivity contribution in [2.24, 2.45) is 4.99 Å². The van der Waals surface area contributed by atoms with Gasteiger partial charge in [0.25, 0.3) is 0 Å². The molecular formula is C23H22N2O2S. The zero-order valence-corrected chi connectivity index (χ0v) is 16.8. The number of amidine groups is 1. The Bertz CT molecular complexity index is 965. The fourth-order valence-corrected chi connectivity index (χ4v) is 4.57. The number of nitrogens with zero attached hydrogens (tertiary/aromatic N) is 2. The third-order valence-corrected chi connectivity index (χ3v) is 5.72. The molecule has 2 aromatic carbocycles. The first-order valence-corrected chi connectivity index (χ1v) is 10.4. The fourth-order valence-electron chi connectivity index (χ4n) is 3.57. The van der Waals surface area contributed by atoms with Crippen LogP contribution >= 0.6 is 11.8 Å². The van der Waals surface area contributed by atoms with Crippen LogP contribution in [0.4, 0.5) is 0 Å². The molecule has 0 aromatic heterocycles. The van der Waals surface area contributed by atoms with Gasteiger partial charge in [-0.25, -0.2) is 9.79 Å². The van der Waals surface area contributed by atoms with Gasteiger partial charge in [0.15, 0.2) is 5.17 Å². The maximum atomic E-state index is 13.1. The Kier molecular flexibility index (Phi) is 5.35. The summed E-state index contributed by atoms with van der Waals surface area (Å²) in [7, 11) is 0. The molecule has 1 atom stereocenters. The van der Waals surface area contributed by atoms with Crippen LogP contribution in [0.15, 0.2) is 82.3 Å². The zero-order chi connectivity index (χ0) is 19.5. The molecular weight excluding hydrogens is 368 g/mol. The lowest BCUT2D eigenvalue weighted by atomic mass is 9.91. The number of thioether (sulfide) groups is 1. The predicted molar refractivity (Wildman–Crippen MR) is 114 cm³/mol. The second-order valence-electron chi connectivity index (χ2n) is 6.51. The van der Waals surface area contributed by atoms with Gasteiger partial charge >= 0.3 is 5.97 Å². The van der Waals surface area contributed by atoms with Crippen molar-refractivity contribution in [3.05, 3.63) is 88.5 Å². The van der Waals surface area contributed by atoms with E-state index in [1.807, 2.05) is 55.5 Å². The van der Waals surface area contributed by atoms with Crippen molar-refractivity contribution in [3.8, 4) is 0 Å². The Morgan fingerprint density at radius 1 is 1.07 bits per heavy atom. The number of aliphatic imine (C=N–C) groups is 1. The maximum absolute atomic E-state index is 13.1. The number of esters is 1. The summed E-state index contributed by atoms with van der Waals surface area (Å²) in [6.45, 7) is 4.28. The molecule has 2 aliphatic rings. The highest BCUT2D eigenvalue weighted by Crippen LogP contribution is 2.46. The summed E-state index contributed by atoms with van der Waals surface area (Å²) in [5.74, 6) is -0.314. The van der Waals surface area contributed by atoms with Crippen molar-refractivity contribution in [3.63, 3.8) is 0 Å². The molecule has 4 rings (SSSR count). The van der Waals surface area contributed by atoms with E-state index in [-0.39, 0.29) is 12.0 Å². The summed E-state index contributed by atoms with van der Waals surface area (Å²) >= 11 is 1.61. The summed E-state index contributed by atoms with van der Waals surface area (Å²) in [4.78, 5) is 20.2. The number of allylic oxidation sites excluding steroid dienone is 1. The number of ether oxygens (including phenoxy) is 1. The molecule has 0 saturated heterocycles. The second kappa shape index (κ2) is 8.07. The Labute approximate surface area is 169 Å². The van der Waals surface area contributed by atoms with E-state index in [0.29, 0.717) is 17.9 Å². The highest BCUT2D eigenvalue weighted by molar-refractivity contribution is 8.16. The molecule has 0 N–H and O–H groups in total. The number of hydrogen-bond donors (Lipinski definition) is 0. The minimum atomic E-state index is -0.314. The molecule has 0 radical (unpaired) electrons. The first kappa shape index (κ1) is 18.6. The number of carbonyl (C=O) groups is 1. The van der Waals surface area contributed by atoms with Gasteiger partial charge in [-0.3, -0.25) is 0 Å². The molecule has 28 heavy (non-hydrogen) atoms. The molecule has 0 saturated carbocycles. The van der Waals surface area contributed by atoms with Crippen LogP contribution in [-0.2, 0) is 9.53 Å². The second-order valence-corrected chi connectivity index (χ2v) is 7.34. The molecule has 2 aliphatic heterocycles. The maximum Gasteiger partial charge on any atom is 0.338 e. The Balaban J connectivity index is 1.96. The monoisotopic (exact) mass is 390 g/mol. The standard InChI is InChI=1S/C23H22N2O2S/c1-3-18-15-28-23-24-20(16-11-7-5-8-12-16)19(22(26)27-4-2)21(25(18)23)17-13-9-6-10-14-17/h5-15,21H,3-4H2,1-2H3. The van der Waals surface area contributed by atoms with E-state index in [4.69, 9.17) is 9.73 Å². The van der Waals surface area contributed by atoms with Crippen LogP contribution in [0.25, 0.3) is 5.70 Å². The van der Waals surface area contributed by atoms with Gasteiger partial charge in [-0.05, 0) is 24.3 Å². The predicted octanol–water partition coefficient (Wildman–Crippen LogP) is 5.37. The number of rotatable bonds is 5. The van der Waals surface area contributed by atoms with E-state index in [2.05, 4.69) is 29.4 Å². The third-order valence-electron chi connectivity index (χ3n) is 4.83. The molecule has 0 aliphatic carbocycles. The van der Waals surface area contributed by atoms with Gasteiger partial charge in [0, 0.05) is 11.3 Å². The lowest BCUT2D eigenvalue weighted by molar-refractivity contribution is -0.139. The molecule has 0 spiro atoms. The normalized spacial score (nSPS) is 18.5. The average molecular weight is 391 g/mol. The van der Waals surface area contributed by atoms with Crippen LogP contribution in [0.2, 0.25) is 0 Å². The molecule has 2 heterocycles. The van der Waals surface area contributed by atoms with Crippen LogP contribution in [0.1, 0.15) is 37.4 Å². The number of carbonyl (C=O) groups excluding carboxylic acids is 1. The number of fused-ring (bicyclic) bond motifs is 1. The highest BCUT2D eigenvalue weighted by Gasteiger charge is 2.41. The highest BCUT2D eigenvalue weighted by atomic mass is 32.2. The summed E-state index contributed by atoms with van der Waals surface area (Å²) < 4.78 is 5.48. The lowest BCUT2D eigenvalue weighted by Crippen LogP contribution is -2.36. The molecule has 0 bridgehead atoms. The van der Waals surface area contributed by atoms with Gasteiger partial charge in [-0.1, -0.05) is 79.3 Å². The molecule has 5 heteroatoms. The van der Waals surface area contributed by atoms with Crippen molar-refractivity contribution in [1.29, 1.82) is 0 Å². The van der Waals surface area contributed by atoms with Crippen molar-refractivity contribution in [2.45, 2.75) is 26.3 Å². The summed E-state index contributed by atoms with van der Waals surface area (Å²) in [6, 6.07) is 19.7. The molecule has 2 aromatic rings. The van der Waals surface area contributed by atoms with Crippen molar-refractivity contribution in [2.75, 3.05) is 6.61 Å². The van der Waals surface area contributed by atoms with E-state index in [1.165, 1.54) is 0 Å². The zero-order valence-electron chi connectivity index (χ0n) is 16.0. The quantitative estimate of drug-likeness (QED) is 0.644. The van der Waals surface area contributed by atoms with Crippen molar-refractivity contribution < 1.29 is 9.53 Å². The molecule has 4 nitrogen and oxygen atoms in total. The molecule has 142 valence electrons. The van der Waals surface area contributed by atoms with E-state index in [9.17, 15) is 4.79 Å². The number of benzene rings is 2. The summed E-state index contributed by atoms with van der Waals surface area (Å²) in [6.07, 6.45) is 0.867. The Hall–Kier alpha value is -2.79. The van der Waals surface area contributed by atoms with Gasteiger partial charge in [-0.2, -0.15) is 0 Å². The van der Waals surface area contributed by atoms with Crippen LogP contribution < -0.4 is 0 Å². The first-order chi connectivity index (χ1) is 13.7. The van der Waals surface area contributed by atoms with Crippen LogP contribution in [-0.4, -0.2) is 22.6 Å². The van der Waals surface area contributed by atoms with E-state index in [0.717, 1.165) is 28.4 Å². The SMILES string of the molecule is CCOC(=O)C1=C(c2ccccc2)N=C2SC=C(CC)N2C1c1ccccc1. The summed E-state index contributed by atoms with van der Waals surface area (Å²) in [5, 5.41) is 3.03. The van der Waals surface area contributed by atoms with E-state index < -0.39 is 0 Å². The van der Waals surface area contributed by atoms with Crippen LogP contribution in [0.5, 0.6) is 0 Å². The minimum Gasteiger partial charge on any atom is -0.463 e. The lowest BCUT2D eigenvalue weighted by Gasteiger charge is -2.36. The van der Waals surface area contributed by atoms with Gasteiger partial charge in [0.05, 0.1) is 23.9 Å². The van der Waals surface area contributed by atoms with Gasteiger partial charge < -0.3 is 9.64 Å². The van der Waals surface area contributed by atoms with E-state index >= 15 is 0 Å². The fraction of sp³-hybridized carbons (Fsp3) is 0.217. The van der Waals surface area contributed by atoms with E-state index in [1.54, 1.807) is 11.8 Å². The first-order valence-electron chi connectivity index (χ1n) is 9.49. The average Bonchev–Trinajstić information content (AvgIpc) is 3.16. The topological polar surface area (TPSA) is 41.9 Å².